The van der Waals surface area contributed by atoms with Crippen LogP contribution >= 0.6 is 0 Å². The predicted octanol–water partition coefficient (Wildman–Crippen LogP) is 3.10. The van der Waals surface area contributed by atoms with E-state index in [2.05, 4.69) is 22.1 Å². The summed E-state index contributed by atoms with van der Waals surface area (Å²) < 4.78 is 11.2. The van der Waals surface area contributed by atoms with Crippen molar-refractivity contribution >= 4 is 5.96 Å². The van der Waals surface area contributed by atoms with Gasteiger partial charge in [0.1, 0.15) is 11.9 Å². The zero-order valence-electron chi connectivity index (χ0n) is 16.1. The molecule has 2 aromatic rings. The fraction of sp³-hybridized carbons (Fsp3) is 0.429. The molecular formula is C21H28N4O2. The Labute approximate surface area is 161 Å². The standard InChI is InChI=1S/C21H28N4O2/c1-3-22-21(24-16-17-9-10-20(26-2)23-15-17)25-13-11-19(12-14-25)27-18-7-5-4-6-8-18/h4-10,15,19H,3,11-14,16H2,1-2H3,(H,22,24). The minimum atomic E-state index is 0.261. The van der Waals surface area contributed by atoms with E-state index in [4.69, 9.17) is 14.5 Å². The second-order valence-electron chi connectivity index (χ2n) is 6.50. The van der Waals surface area contributed by atoms with E-state index in [9.17, 15) is 0 Å². The Hall–Kier alpha value is -2.76. The molecular weight excluding hydrogens is 340 g/mol. The van der Waals surface area contributed by atoms with Gasteiger partial charge in [-0.2, -0.15) is 0 Å². The number of likely N-dealkylation sites (tertiary alicyclic amines) is 1. The van der Waals surface area contributed by atoms with Crippen LogP contribution in [0.15, 0.2) is 53.7 Å². The molecule has 6 nitrogen and oxygen atoms in total. The maximum absolute atomic E-state index is 6.09. The van der Waals surface area contributed by atoms with Gasteiger partial charge >= 0.3 is 0 Å². The maximum atomic E-state index is 6.09. The van der Waals surface area contributed by atoms with Crippen LogP contribution < -0.4 is 14.8 Å². The van der Waals surface area contributed by atoms with Gasteiger partial charge in [0.05, 0.1) is 13.7 Å². The molecule has 1 aromatic heterocycles. The Kier molecular flexibility index (Phi) is 6.90. The number of aromatic nitrogens is 1. The molecule has 0 saturated carbocycles. The molecule has 1 saturated heterocycles. The summed E-state index contributed by atoms with van der Waals surface area (Å²) >= 11 is 0. The van der Waals surface area contributed by atoms with Crippen LogP contribution in [0.3, 0.4) is 0 Å². The summed E-state index contributed by atoms with van der Waals surface area (Å²) in [6, 6.07) is 13.9. The maximum Gasteiger partial charge on any atom is 0.212 e. The average Bonchev–Trinajstić information content (AvgIpc) is 2.73. The van der Waals surface area contributed by atoms with Crippen molar-refractivity contribution in [3.63, 3.8) is 0 Å². The number of benzene rings is 1. The Morgan fingerprint density at radius 2 is 1.96 bits per heavy atom. The van der Waals surface area contributed by atoms with Crippen molar-refractivity contribution < 1.29 is 9.47 Å². The smallest absolute Gasteiger partial charge is 0.212 e. The van der Waals surface area contributed by atoms with Crippen LogP contribution in [0.4, 0.5) is 0 Å². The molecule has 3 rings (SSSR count). The van der Waals surface area contributed by atoms with Gasteiger partial charge in [-0.3, -0.25) is 0 Å². The van der Waals surface area contributed by atoms with Crippen LogP contribution in [-0.2, 0) is 6.54 Å². The normalized spacial score (nSPS) is 15.5. The number of para-hydroxylation sites is 1. The zero-order valence-corrected chi connectivity index (χ0v) is 16.1. The third-order valence-corrected chi connectivity index (χ3v) is 4.54. The van der Waals surface area contributed by atoms with Gasteiger partial charge < -0.3 is 19.7 Å². The van der Waals surface area contributed by atoms with E-state index in [1.54, 1.807) is 7.11 Å². The van der Waals surface area contributed by atoms with Gasteiger partial charge in [-0.15, -0.1) is 0 Å². The molecule has 1 aliphatic rings. The van der Waals surface area contributed by atoms with Crippen molar-refractivity contribution in [3.8, 4) is 11.6 Å². The summed E-state index contributed by atoms with van der Waals surface area (Å²) in [5.41, 5.74) is 1.06. The summed E-state index contributed by atoms with van der Waals surface area (Å²) in [5.74, 6) is 2.52. The number of methoxy groups -OCH3 is 1. The topological polar surface area (TPSA) is 59.0 Å². The third-order valence-electron chi connectivity index (χ3n) is 4.54. The monoisotopic (exact) mass is 368 g/mol. The number of nitrogens with zero attached hydrogens (tertiary/aromatic N) is 3. The summed E-state index contributed by atoms with van der Waals surface area (Å²) in [5, 5.41) is 3.40. The van der Waals surface area contributed by atoms with Crippen LogP contribution in [0.2, 0.25) is 0 Å². The summed E-state index contributed by atoms with van der Waals surface area (Å²) in [4.78, 5) is 11.3. The number of rotatable bonds is 6. The quantitative estimate of drug-likeness (QED) is 0.627. The van der Waals surface area contributed by atoms with Crippen LogP contribution in [0.1, 0.15) is 25.3 Å². The highest BCUT2D eigenvalue weighted by molar-refractivity contribution is 5.80. The first-order chi connectivity index (χ1) is 13.3. The lowest BCUT2D eigenvalue weighted by molar-refractivity contribution is 0.129. The molecule has 0 aliphatic carbocycles. The molecule has 27 heavy (non-hydrogen) atoms. The number of guanidine groups is 1. The number of pyridine rings is 1. The molecule has 0 radical (unpaired) electrons. The predicted molar refractivity (Wildman–Crippen MR) is 107 cm³/mol. The van der Waals surface area contributed by atoms with E-state index in [0.29, 0.717) is 12.4 Å². The number of piperidine rings is 1. The first kappa shape index (κ1) is 19.0. The molecule has 1 N–H and O–H groups in total. The number of hydrogen-bond acceptors (Lipinski definition) is 4. The second-order valence-corrected chi connectivity index (χ2v) is 6.50. The van der Waals surface area contributed by atoms with Gasteiger partial charge in [-0.05, 0) is 24.6 Å². The highest BCUT2D eigenvalue weighted by Crippen LogP contribution is 2.19. The molecule has 0 unspecified atom stereocenters. The van der Waals surface area contributed by atoms with Crippen molar-refractivity contribution in [2.24, 2.45) is 4.99 Å². The fourth-order valence-corrected chi connectivity index (χ4v) is 3.09. The van der Waals surface area contributed by atoms with Crippen LogP contribution in [0.5, 0.6) is 11.6 Å². The van der Waals surface area contributed by atoms with Crippen molar-refractivity contribution in [1.82, 2.24) is 15.2 Å². The van der Waals surface area contributed by atoms with E-state index in [1.165, 1.54) is 0 Å². The first-order valence-corrected chi connectivity index (χ1v) is 9.52. The zero-order chi connectivity index (χ0) is 18.9. The molecule has 1 fully saturated rings. The van der Waals surface area contributed by atoms with E-state index < -0.39 is 0 Å². The molecule has 0 amide bonds. The minimum Gasteiger partial charge on any atom is -0.490 e. The highest BCUT2D eigenvalue weighted by atomic mass is 16.5. The van der Waals surface area contributed by atoms with Crippen LogP contribution in [0, 0.1) is 0 Å². The molecule has 2 heterocycles. The highest BCUT2D eigenvalue weighted by Gasteiger charge is 2.22. The van der Waals surface area contributed by atoms with E-state index >= 15 is 0 Å². The van der Waals surface area contributed by atoms with Gasteiger partial charge in [0.25, 0.3) is 0 Å². The average molecular weight is 368 g/mol. The molecule has 0 spiro atoms. The van der Waals surface area contributed by atoms with Crippen LogP contribution in [-0.4, -0.2) is 48.7 Å². The molecule has 144 valence electrons. The summed E-state index contributed by atoms with van der Waals surface area (Å²) in [7, 11) is 1.62. The third kappa shape index (κ3) is 5.61. The largest absolute Gasteiger partial charge is 0.490 e. The summed E-state index contributed by atoms with van der Waals surface area (Å²) in [6.45, 7) is 5.41. The van der Waals surface area contributed by atoms with Gasteiger partial charge in [-0.25, -0.2) is 9.98 Å². The van der Waals surface area contributed by atoms with Crippen LogP contribution in [0.25, 0.3) is 0 Å². The lowest BCUT2D eigenvalue weighted by atomic mass is 10.1. The SMILES string of the molecule is CCNC(=NCc1ccc(OC)nc1)N1CCC(Oc2ccccc2)CC1. The number of ether oxygens (including phenoxy) is 2. The lowest BCUT2D eigenvalue weighted by Gasteiger charge is -2.34. The Bertz CT molecular complexity index is 711. The number of aliphatic imine (C=N–C) groups is 1. The molecule has 1 aromatic carbocycles. The van der Waals surface area contributed by atoms with Gasteiger partial charge in [0.15, 0.2) is 5.96 Å². The Morgan fingerprint density at radius 1 is 1.19 bits per heavy atom. The van der Waals surface area contributed by atoms with Gasteiger partial charge in [-0.1, -0.05) is 24.3 Å². The van der Waals surface area contributed by atoms with Gasteiger partial charge in [0.2, 0.25) is 5.88 Å². The van der Waals surface area contributed by atoms with Gasteiger partial charge in [0, 0.05) is 44.7 Å². The first-order valence-electron chi connectivity index (χ1n) is 9.52. The minimum absolute atomic E-state index is 0.261. The van der Waals surface area contributed by atoms with Crippen molar-refractivity contribution in [2.75, 3.05) is 26.7 Å². The second kappa shape index (κ2) is 9.80. The lowest BCUT2D eigenvalue weighted by Crippen LogP contribution is -2.47. The fourth-order valence-electron chi connectivity index (χ4n) is 3.09. The Morgan fingerprint density at radius 3 is 2.59 bits per heavy atom. The summed E-state index contributed by atoms with van der Waals surface area (Å²) in [6.07, 6.45) is 4.05. The molecule has 0 atom stereocenters. The van der Waals surface area contributed by atoms with Crippen molar-refractivity contribution in [2.45, 2.75) is 32.4 Å². The molecule has 1 aliphatic heterocycles. The van der Waals surface area contributed by atoms with E-state index in [-0.39, 0.29) is 6.10 Å². The van der Waals surface area contributed by atoms with Crippen molar-refractivity contribution in [1.29, 1.82) is 0 Å². The van der Waals surface area contributed by atoms with E-state index in [0.717, 1.165) is 49.7 Å². The van der Waals surface area contributed by atoms with Crippen molar-refractivity contribution in [3.05, 3.63) is 54.2 Å². The molecule has 6 heteroatoms. The number of nitrogens with one attached hydrogen (secondary N) is 1. The molecule has 0 bridgehead atoms. The number of hydrogen-bond donors (Lipinski definition) is 1. The Balaban J connectivity index is 1.55. The van der Waals surface area contributed by atoms with E-state index in [1.807, 2.05) is 48.7 Å².